The van der Waals surface area contributed by atoms with Crippen LogP contribution in [-0.4, -0.2) is 37.8 Å². The minimum atomic E-state index is -4.70. The van der Waals surface area contributed by atoms with E-state index >= 15 is 0 Å². The maximum absolute atomic E-state index is 12.1. The van der Waals surface area contributed by atoms with Crippen LogP contribution in [-0.2, 0) is 11.3 Å². The van der Waals surface area contributed by atoms with Gasteiger partial charge in [0.05, 0.1) is 19.3 Å². The number of alkyl halides is 3. The molecule has 0 radical (unpaired) electrons. The number of halogens is 3. The summed E-state index contributed by atoms with van der Waals surface area (Å²) in [6, 6.07) is 5.40. The SMILES string of the molecule is COCC(CO)NCc1cccc(OC(F)(F)F)c1. The second-order valence-electron chi connectivity index (χ2n) is 3.91. The summed E-state index contributed by atoms with van der Waals surface area (Å²) < 4.78 is 44.9. The zero-order valence-corrected chi connectivity index (χ0v) is 10.4. The normalized spacial score (nSPS) is 13.3. The van der Waals surface area contributed by atoms with Crippen LogP contribution in [0.1, 0.15) is 5.56 Å². The molecule has 1 rings (SSSR count). The lowest BCUT2D eigenvalue weighted by Crippen LogP contribution is -2.35. The number of hydrogen-bond acceptors (Lipinski definition) is 4. The van der Waals surface area contributed by atoms with Gasteiger partial charge in [0.25, 0.3) is 0 Å². The molecule has 2 N–H and O–H groups in total. The van der Waals surface area contributed by atoms with Crippen molar-refractivity contribution in [3.05, 3.63) is 29.8 Å². The number of rotatable bonds is 7. The topological polar surface area (TPSA) is 50.7 Å². The summed E-state index contributed by atoms with van der Waals surface area (Å²) >= 11 is 0. The fraction of sp³-hybridized carbons (Fsp3) is 0.500. The van der Waals surface area contributed by atoms with Gasteiger partial charge in [-0.15, -0.1) is 13.2 Å². The van der Waals surface area contributed by atoms with Crippen LogP contribution in [0.25, 0.3) is 0 Å². The molecule has 1 unspecified atom stereocenters. The fourth-order valence-electron chi connectivity index (χ4n) is 1.49. The van der Waals surface area contributed by atoms with E-state index in [0.717, 1.165) is 0 Å². The van der Waals surface area contributed by atoms with Crippen molar-refractivity contribution in [1.29, 1.82) is 0 Å². The van der Waals surface area contributed by atoms with Crippen molar-refractivity contribution in [1.82, 2.24) is 5.32 Å². The summed E-state index contributed by atoms with van der Waals surface area (Å²) in [6.45, 7) is 0.505. The zero-order chi connectivity index (χ0) is 14.3. The predicted molar refractivity (Wildman–Crippen MR) is 62.7 cm³/mol. The number of aliphatic hydroxyl groups is 1. The van der Waals surface area contributed by atoms with Gasteiger partial charge in [0.15, 0.2) is 0 Å². The summed E-state index contributed by atoms with van der Waals surface area (Å²) in [5.41, 5.74) is 0.622. The molecule has 0 saturated heterocycles. The third kappa shape index (κ3) is 6.42. The molecule has 0 amide bonds. The van der Waals surface area contributed by atoms with Crippen LogP contribution in [0.2, 0.25) is 0 Å². The van der Waals surface area contributed by atoms with Gasteiger partial charge in [0.1, 0.15) is 5.75 Å². The van der Waals surface area contributed by atoms with Crippen molar-refractivity contribution in [2.75, 3.05) is 20.3 Å². The first kappa shape index (κ1) is 15.7. The molecule has 0 bridgehead atoms. The van der Waals surface area contributed by atoms with E-state index in [4.69, 9.17) is 9.84 Å². The number of hydrogen-bond donors (Lipinski definition) is 2. The van der Waals surface area contributed by atoms with E-state index < -0.39 is 6.36 Å². The molecule has 0 heterocycles. The van der Waals surface area contributed by atoms with Crippen molar-refractivity contribution >= 4 is 0 Å². The highest BCUT2D eigenvalue weighted by atomic mass is 19.4. The van der Waals surface area contributed by atoms with Crippen molar-refractivity contribution in [2.45, 2.75) is 18.9 Å². The molecule has 0 aliphatic rings. The molecule has 7 heteroatoms. The fourth-order valence-corrected chi connectivity index (χ4v) is 1.49. The number of aliphatic hydroxyl groups excluding tert-OH is 1. The Labute approximate surface area is 109 Å². The molecule has 0 saturated carbocycles. The highest BCUT2D eigenvalue weighted by molar-refractivity contribution is 5.28. The maximum atomic E-state index is 12.1. The van der Waals surface area contributed by atoms with Crippen LogP contribution in [0.15, 0.2) is 24.3 Å². The molecule has 4 nitrogen and oxygen atoms in total. The first-order valence-electron chi connectivity index (χ1n) is 5.62. The van der Waals surface area contributed by atoms with E-state index in [9.17, 15) is 13.2 Å². The highest BCUT2D eigenvalue weighted by Crippen LogP contribution is 2.23. The van der Waals surface area contributed by atoms with Gasteiger partial charge < -0.3 is 19.9 Å². The third-order valence-corrected chi connectivity index (χ3v) is 2.32. The third-order valence-electron chi connectivity index (χ3n) is 2.32. The Morgan fingerprint density at radius 3 is 2.68 bits per heavy atom. The second kappa shape index (κ2) is 7.32. The molecule has 0 spiro atoms. The Morgan fingerprint density at radius 1 is 1.37 bits per heavy atom. The minimum absolute atomic E-state index is 0.118. The van der Waals surface area contributed by atoms with Gasteiger partial charge in [-0.3, -0.25) is 0 Å². The van der Waals surface area contributed by atoms with Crippen LogP contribution in [0, 0.1) is 0 Å². The van der Waals surface area contributed by atoms with Crippen LogP contribution in [0.4, 0.5) is 13.2 Å². The molecule has 1 aromatic carbocycles. The largest absolute Gasteiger partial charge is 0.573 e. The van der Waals surface area contributed by atoms with E-state index in [1.54, 1.807) is 6.07 Å². The van der Waals surface area contributed by atoms with E-state index in [0.29, 0.717) is 18.7 Å². The van der Waals surface area contributed by atoms with Crippen LogP contribution in [0.3, 0.4) is 0 Å². The Bertz CT molecular complexity index is 385. The van der Waals surface area contributed by atoms with Gasteiger partial charge >= 0.3 is 6.36 Å². The lowest BCUT2D eigenvalue weighted by molar-refractivity contribution is -0.274. The molecule has 19 heavy (non-hydrogen) atoms. The number of nitrogens with one attached hydrogen (secondary N) is 1. The Morgan fingerprint density at radius 2 is 2.11 bits per heavy atom. The van der Waals surface area contributed by atoms with Crippen LogP contribution in [0.5, 0.6) is 5.75 Å². The van der Waals surface area contributed by atoms with Gasteiger partial charge in [0, 0.05) is 13.7 Å². The van der Waals surface area contributed by atoms with E-state index in [2.05, 4.69) is 10.1 Å². The summed E-state index contributed by atoms with van der Waals surface area (Å²) in [5, 5.41) is 12.0. The first-order valence-corrected chi connectivity index (χ1v) is 5.62. The summed E-state index contributed by atoms with van der Waals surface area (Å²) in [4.78, 5) is 0. The number of methoxy groups -OCH3 is 1. The molecule has 0 aliphatic carbocycles. The van der Waals surface area contributed by atoms with Gasteiger partial charge in [0.2, 0.25) is 0 Å². The van der Waals surface area contributed by atoms with Gasteiger partial charge in [-0.1, -0.05) is 12.1 Å². The zero-order valence-electron chi connectivity index (χ0n) is 10.4. The van der Waals surface area contributed by atoms with Gasteiger partial charge in [-0.05, 0) is 17.7 Å². The minimum Gasteiger partial charge on any atom is -0.406 e. The number of benzene rings is 1. The predicted octanol–water partition coefficient (Wildman–Crippen LogP) is 1.68. The average Bonchev–Trinajstić information content (AvgIpc) is 2.33. The maximum Gasteiger partial charge on any atom is 0.573 e. The average molecular weight is 279 g/mol. The van der Waals surface area contributed by atoms with Crippen LogP contribution >= 0.6 is 0 Å². The summed E-state index contributed by atoms with van der Waals surface area (Å²) in [6.07, 6.45) is -4.70. The quantitative estimate of drug-likeness (QED) is 0.797. The van der Waals surface area contributed by atoms with Gasteiger partial charge in [-0.25, -0.2) is 0 Å². The standard InChI is InChI=1S/C12H16F3NO3/c1-18-8-10(7-17)16-6-9-3-2-4-11(5-9)19-12(13,14)15/h2-5,10,16-17H,6-8H2,1H3. The van der Waals surface area contributed by atoms with E-state index in [-0.39, 0.29) is 18.4 Å². The number of ether oxygens (including phenoxy) is 2. The lowest BCUT2D eigenvalue weighted by atomic mass is 10.2. The highest BCUT2D eigenvalue weighted by Gasteiger charge is 2.31. The Balaban J connectivity index is 2.57. The smallest absolute Gasteiger partial charge is 0.406 e. The van der Waals surface area contributed by atoms with Crippen molar-refractivity contribution in [2.24, 2.45) is 0 Å². The van der Waals surface area contributed by atoms with E-state index in [1.807, 2.05) is 0 Å². The molecule has 108 valence electrons. The second-order valence-corrected chi connectivity index (χ2v) is 3.91. The molecule has 0 aliphatic heterocycles. The van der Waals surface area contributed by atoms with Crippen molar-refractivity contribution < 1.29 is 27.8 Å². The summed E-state index contributed by atoms with van der Waals surface area (Å²) in [7, 11) is 1.50. The monoisotopic (exact) mass is 279 g/mol. The summed E-state index contributed by atoms with van der Waals surface area (Å²) in [5.74, 6) is -0.265. The molecule has 0 fully saturated rings. The van der Waals surface area contributed by atoms with Crippen molar-refractivity contribution in [3.8, 4) is 5.75 Å². The Hall–Kier alpha value is -1.31. The molecule has 0 aromatic heterocycles. The lowest BCUT2D eigenvalue weighted by Gasteiger charge is -2.15. The molecular formula is C12H16F3NO3. The molecular weight excluding hydrogens is 263 g/mol. The molecule has 1 aromatic rings. The van der Waals surface area contributed by atoms with E-state index in [1.165, 1.54) is 25.3 Å². The first-order chi connectivity index (χ1) is 8.94. The van der Waals surface area contributed by atoms with Crippen molar-refractivity contribution in [3.63, 3.8) is 0 Å². The molecule has 1 atom stereocenters. The van der Waals surface area contributed by atoms with Crippen LogP contribution < -0.4 is 10.1 Å². The Kier molecular flexibility index (Phi) is 6.07. The van der Waals surface area contributed by atoms with Gasteiger partial charge in [-0.2, -0.15) is 0 Å².